The van der Waals surface area contributed by atoms with E-state index in [0.717, 1.165) is 33.6 Å². The van der Waals surface area contributed by atoms with Crippen LogP contribution in [0.2, 0.25) is 0 Å². The van der Waals surface area contributed by atoms with Crippen molar-refractivity contribution in [1.82, 2.24) is 0 Å². The second kappa shape index (κ2) is 6.80. The normalized spacial score (nSPS) is 20.8. The molecule has 3 nitrogen and oxygen atoms in total. The summed E-state index contributed by atoms with van der Waals surface area (Å²) in [5, 5.41) is 15.4. The highest BCUT2D eigenvalue weighted by atomic mass is 16.5. The molecule has 1 aliphatic rings. The quantitative estimate of drug-likeness (QED) is 0.461. The Bertz CT molecular complexity index is 1220. The summed E-state index contributed by atoms with van der Waals surface area (Å²) < 4.78 is 12.0. The number of phenols is 1. The van der Waals surface area contributed by atoms with Crippen LogP contribution in [0, 0.1) is 40.5 Å². The number of aryl methyl sites for hydroxylation is 3. The molecule has 0 aliphatic heterocycles. The molecule has 0 saturated heterocycles. The van der Waals surface area contributed by atoms with Crippen molar-refractivity contribution in [2.24, 2.45) is 5.92 Å². The molecular formula is C27H34O3. The van der Waals surface area contributed by atoms with Crippen LogP contribution in [0.4, 0.5) is 0 Å². The fourth-order valence-electron chi connectivity index (χ4n) is 5.97. The number of phenolic OH excluding ortho intramolecular Hbond substituents is 1. The Hall–Kier alpha value is -2.42. The van der Waals surface area contributed by atoms with Gasteiger partial charge in [0.05, 0.1) is 14.2 Å². The van der Waals surface area contributed by atoms with Crippen molar-refractivity contribution in [1.29, 1.82) is 0 Å². The summed E-state index contributed by atoms with van der Waals surface area (Å²) in [4.78, 5) is 0. The third kappa shape index (κ3) is 2.32. The van der Waals surface area contributed by atoms with Gasteiger partial charge < -0.3 is 14.6 Å². The second-order valence-corrected chi connectivity index (χ2v) is 9.30. The average molecular weight is 407 g/mol. The predicted molar refractivity (Wildman–Crippen MR) is 126 cm³/mol. The molecule has 4 rings (SSSR count). The first-order valence-corrected chi connectivity index (χ1v) is 10.9. The first kappa shape index (κ1) is 20.8. The van der Waals surface area contributed by atoms with Crippen LogP contribution < -0.4 is 9.47 Å². The molecule has 1 aliphatic carbocycles. The van der Waals surface area contributed by atoms with Crippen molar-refractivity contribution in [3.05, 3.63) is 38.9 Å². The van der Waals surface area contributed by atoms with Crippen LogP contribution in [0.15, 0.2) is 0 Å². The zero-order valence-electron chi connectivity index (χ0n) is 20.0. The number of hydrogen-bond donors (Lipinski definition) is 1. The van der Waals surface area contributed by atoms with Crippen LogP contribution in [-0.4, -0.2) is 19.3 Å². The van der Waals surface area contributed by atoms with E-state index in [9.17, 15) is 5.11 Å². The molecule has 3 aromatic rings. The number of methoxy groups -OCH3 is 2. The Kier molecular flexibility index (Phi) is 4.72. The van der Waals surface area contributed by atoms with E-state index in [1.54, 1.807) is 14.2 Å². The molecule has 0 bridgehead atoms. The third-order valence-electron chi connectivity index (χ3n) is 8.23. The van der Waals surface area contributed by atoms with E-state index in [1.165, 1.54) is 38.4 Å². The third-order valence-corrected chi connectivity index (χ3v) is 8.23. The zero-order chi connectivity index (χ0) is 22.2. The number of benzene rings is 3. The second-order valence-electron chi connectivity index (χ2n) is 9.30. The predicted octanol–water partition coefficient (Wildman–Crippen LogP) is 7.11. The standard InChI is InChI=1S/C27H34O3/c1-11-12(2)19-14(4)15(5)22-21-16(6)17(7)25(28)18(8)23(21)26(29-9)27(30-10)24(22)20(19)13(11)3/h11-13,28H,1-10H3. The van der Waals surface area contributed by atoms with Gasteiger partial charge in [0, 0.05) is 16.3 Å². The van der Waals surface area contributed by atoms with Gasteiger partial charge in [-0.05, 0) is 96.5 Å². The van der Waals surface area contributed by atoms with Crippen molar-refractivity contribution in [2.45, 2.75) is 67.2 Å². The van der Waals surface area contributed by atoms with E-state index >= 15 is 0 Å². The fraction of sp³-hybridized carbons (Fsp3) is 0.481. The molecule has 1 N–H and O–H groups in total. The number of ether oxygens (including phenoxy) is 2. The minimum atomic E-state index is 0.339. The highest BCUT2D eigenvalue weighted by Gasteiger charge is 2.38. The average Bonchev–Trinajstić information content (AvgIpc) is 2.96. The van der Waals surface area contributed by atoms with Crippen LogP contribution in [0.25, 0.3) is 21.5 Å². The Balaban J connectivity index is 2.45. The molecule has 0 aromatic heterocycles. The van der Waals surface area contributed by atoms with E-state index in [4.69, 9.17) is 9.47 Å². The van der Waals surface area contributed by atoms with Gasteiger partial charge in [0.2, 0.25) is 0 Å². The van der Waals surface area contributed by atoms with Gasteiger partial charge in [0.1, 0.15) is 5.75 Å². The minimum Gasteiger partial charge on any atom is -0.507 e. The molecule has 3 unspecified atom stereocenters. The molecule has 160 valence electrons. The Labute approximate surface area is 180 Å². The molecule has 0 fully saturated rings. The minimum absolute atomic E-state index is 0.339. The molecule has 0 heterocycles. The zero-order valence-corrected chi connectivity index (χ0v) is 20.0. The van der Waals surface area contributed by atoms with Gasteiger partial charge in [-0.2, -0.15) is 0 Å². The highest BCUT2D eigenvalue weighted by molar-refractivity contribution is 6.19. The Morgan fingerprint density at radius 1 is 0.567 bits per heavy atom. The van der Waals surface area contributed by atoms with E-state index in [2.05, 4.69) is 41.5 Å². The van der Waals surface area contributed by atoms with Gasteiger partial charge in [-0.15, -0.1) is 0 Å². The monoisotopic (exact) mass is 406 g/mol. The summed E-state index contributed by atoms with van der Waals surface area (Å²) >= 11 is 0. The van der Waals surface area contributed by atoms with Crippen molar-refractivity contribution in [3.8, 4) is 17.2 Å². The Morgan fingerprint density at radius 2 is 1.03 bits per heavy atom. The molecule has 3 heteroatoms. The van der Waals surface area contributed by atoms with Crippen LogP contribution in [0.5, 0.6) is 17.2 Å². The van der Waals surface area contributed by atoms with Gasteiger partial charge in [-0.25, -0.2) is 0 Å². The van der Waals surface area contributed by atoms with Crippen LogP contribution in [-0.2, 0) is 0 Å². The molecule has 3 atom stereocenters. The number of hydrogen-bond acceptors (Lipinski definition) is 3. The molecule has 0 amide bonds. The lowest BCUT2D eigenvalue weighted by Gasteiger charge is -2.25. The largest absolute Gasteiger partial charge is 0.507 e. The van der Waals surface area contributed by atoms with Gasteiger partial charge in [0.25, 0.3) is 0 Å². The summed E-state index contributed by atoms with van der Waals surface area (Å²) in [5.74, 6) is 3.37. The molecule has 30 heavy (non-hydrogen) atoms. The maximum atomic E-state index is 10.8. The maximum Gasteiger partial charge on any atom is 0.169 e. The SMILES string of the molecule is COc1c(OC)c2c3c(c(C)c(C)c2c2c(C)c(C)c(O)c(C)c12)C(C)C(C)C3C. The van der Waals surface area contributed by atoms with E-state index < -0.39 is 0 Å². The topological polar surface area (TPSA) is 38.7 Å². The molecule has 0 spiro atoms. The van der Waals surface area contributed by atoms with Gasteiger partial charge >= 0.3 is 0 Å². The molecule has 3 aromatic carbocycles. The summed E-state index contributed by atoms with van der Waals surface area (Å²) in [5.41, 5.74) is 8.46. The molecule has 0 radical (unpaired) electrons. The van der Waals surface area contributed by atoms with Crippen LogP contribution in [0.1, 0.15) is 71.6 Å². The smallest absolute Gasteiger partial charge is 0.169 e. The lowest BCUT2D eigenvalue weighted by molar-refractivity contribution is 0.361. The summed E-state index contributed by atoms with van der Waals surface area (Å²) in [7, 11) is 3.43. The number of rotatable bonds is 2. The summed E-state index contributed by atoms with van der Waals surface area (Å²) in [6.45, 7) is 17.7. The first-order chi connectivity index (χ1) is 14.1. The van der Waals surface area contributed by atoms with E-state index in [0.29, 0.717) is 23.5 Å². The lowest BCUT2D eigenvalue weighted by Crippen LogP contribution is -2.04. The van der Waals surface area contributed by atoms with Crippen molar-refractivity contribution in [2.75, 3.05) is 14.2 Å². The van der Waals surface area contributed by atoms with Crippen molar-refractivity contribution >= 4 is 21.5 Å². The lowest BCUT2D eigenvalue weighted by atomic mass is 9.82. The molecule has 0 saturated carbocycles. The fourth-order valence-corrected chi connectivity index (χ4v) is 5.97. The highest BCUT2D eigenvalue weighted by Crippen LogP contribution is 2.57. The van der Waals surface area contributed by atoms with E-state index in [1.807, 2.05) is 13.8 Å². The van der Waals surface area contributed by atoms with Crippen LogP contribution in [0.3, 0.4) is 0 Å². The maximum absolute atomic E-state index is 10.8. The number of aromatic hydroxyl groups is 1. The molecular weight excluding hydrogens is 372 g/mol. The van der Waals surface area contributed by atoms with Crippen molar-refractivity contribution in [3.63, 3.8) is 0 Å². The van der Waals surface area contributed by atoms with Gasteiger partial charge in [-0.3, -0.25) is 0 Å². The van der Waals surface area contributed by atoms with Gasteiger partial charge in [0.15, 0.2) is 11.5 Å². The summed E-state index contributed by atoms with van der Waals surface area (Å²) in [6, 6.07) is 0. The van der Waals surface area contributed by atoms with Crippen molar-refractivity contribution < 1.29 is 14.6 Å². The Morgan fingerprint density at radius 3 is 1.60 bits per heavy atom. The van der Waals surface area contributed by atoms with E-state index in [-0.39, 0.29) is 0 Å². The number of fused-ring (bicyclic) bond motifs is 5. The first-order valence-electron chi connectivity index (χ1n) is 10.9. The van der Waals surface area contributed by atoms with Crippen LogP contribution >= 0.6 is 0 Å². The summed E-state index contributed by atoms with van der Waals surface area (Å²) in [6.07, 6.45) is 0. The van der Waals surface area contributed by atoms with Gasteiger partial charge in [-0.1, -0.05) is 20.8 Å².